The summed E-state index contributed by atoms with van der Waals surface area (Å²) in [7, 11) is 0. The minimum atomic E-state index is -0.217. The number of nitrogens with one attached hydrogen (secondary N) is 1. The van der Waals surface area contributed by atoms with Crippen LogP contribution in [0.3, 0.4) is 0 Å². The van der Waals surface area contributed by atoms with Gasteiger partial charge in [-0.15, -0.1) is 0 Å². The van der Waals surface area contributed by atoms with Gasteiger partial charge in [0.25, 0.3) is 0 Å². The van der Waals surface area contributed by atoms with E-state index in [1.54, 1.807) is 25.1 Å². The first-order chi connectivity index (χ1) is 7.15. The second-order valence-corrected chi connectivity index (χ2v) is 3.14. The van der Waals surface area contributed by atoms with Crippen molar-refractivity contribution in [2.24, 2.45) is 0 Å². The number of anilines is 1. The normalized spacial score (nSPS) is 10.0. The van der Waals surface area contributed by atoms with E-state index in [-0.39, 0.29) is 18.3 Å². The first kappa shape index (κ1) is 11.5. The second kappa shape index (κ2) is 5.36. The smallest absolute Gasteiger partial charge is 0.250 e. The van der Waals surface area contributed by atoms with Crippen LogP contribution in [-0.2, 0) is 9.53 Å². The molecule has 2 N–H and O–H groups in total. The van der Waals surface area contributed by atoms with Crippen LogP contribution < -0.4 is 5.32 Å². The van der Waals surface area contributed by atoms with Gasteiger partial charge in [0.2, 0.25) is 5.91 Å². The van der Waals surface area contributed by atoms with Crippen molar-refractivity contribution in [3.05, 3.63) is 23.8 Å². The minimum absolute atomic E-state index is 0.0333. The highest BCUT2D eigenvalue weighted by Gasteiger charge is 2.06. The number of benzene rings is 1. The summed E-state index contributed by atoms with van der Waals surface area (Å²) in [5.74, 6) is -0.0465. The molecule has 82 valence electrons. The van der Waals surface area contributed by atoms with Gasteiger partial charge in [0.1, 0.15) is 12.4 Å². The SMILES string of the molecule is CCOCC(=O)Nc1cccc(O)c1C. The number of ether oxygens (including phenoxy) is 1. The molecule has 1 aromatic carbocycles. The average Bonchev–Trinajstić information content (AvgIpc) is 2.22. The van der Waals surface area contributed by atoms with Gasteiger partial charge in [0.05, 0.1) is 0 Å². The Morgan fingerprint density at radius 3 is 2.93 bits per heavy atom. The molecule has 0 aromatic heterocycles. The van der Waals surface area contributed by atoms with E-state index >= 15 is 0 Å². The van der Waals surface area contributed by atoms with Crippen molar-refractivity contribution in [2.45, 2.75) is 13.8 Å². The summed E-state index contributed by atoms with van der Waals surface area (Å²) in [6.07, 6.45) is 0. The maximum absolute atomic E-state index is 11.3. The Bertz CT molecular complexity index is 350. The van der Waals surface area contributed by atoms with Crippen LogP contribution in [-0.4, -0.2) is 24.2 Å². The predicted molar refractivity (Wildman–Crippen MR) is 58.0 cm³/mol. The van der Waals surface area contributed by atoms with Gasteiger partial charge in [-0.3, -0.25) is 4.79 Å². The second-order valence-electron chi connectivity index (χ2n) is 3.14. The highest BCUT2D eigenvalue weighted by atomic mass is 16.5. The third kappa shape index (κ3) is 3.25. The Labute approximate surface area is 88.9 Å². The first-order valence-corrected chi connectivity index (χ1v) is 4.81. The van der Waals surface area contributed by atoms with Gasteiger partial charge < -0.3 is 15.2 Å². The van der Waals surface area contributed by atoms with Crippen LogP contribution in [0.2, 0.25) is 0 Å². The van der Waals surface area contributed by atoms with Crippen molar-refractivity contribution in [1.82, 2.24) is 0 Å². The van der Waals surface area contributed by atoms with E-state index in [1.165, 1.54) is 0 Å². The molecule has 0 bridgehead atoms. The van der Waals surface area contributed by atoms with Crippen molar-refractivity contribution in [3.63, 3.8) is 0 Å². The average molecular weight is 209 g/mol. The molecule has 0 radical (unpaired) electrons. The highest BCUT2D eigenvalue weighted by molar-refractivity contribution is 5.92. The molecular formula is C11H15NO3. The van der Waals surface area contributed by atoms with Gasteiger partial charge in [-0.25, -0.2) is 0 Å². The summed E-state index contributed by atoms with van der Waals surface area (Å²) in [4.78, 5) is 11.3. The first-order valence-electron chi connectivity index (χ1n) is 4.81. The predicted octanol–water partition coefficient (Wildman–Crippen LogP) is 1.68. The topological polar surface area (TPSA) is 58.6 Å². The Morgan fingerprint density at radius 2 is 2.27 bits per heavy atom. The minimum Gasteiger partial charge on any atom is -0.508 e. The molecule has 0 heterocycles. The zero-order valence-electron chi connectivity index (χ0n) is 8.91. The lowest BCUT2D eigenvalue weighted by atomic mass is 10.2. The van der Waals surface area contributed by atoms with Gasteiger partial charge in [0.15, 0.2) is 0 Å². The molecule has 0 saturated heterocycles. The molecule has 15 heavy (non-hydrogen) atoms. The summed E-state index contributed by atoms with van der Waals surface area (Å²) in [5.41, 5.74) is 1.27. The number of carbonyl (C=O) groups is 1. The van der Waals surface area contributed by atoms with E-state index < -0.39 is 0 Å². The molecule has 0 spiro atoms. The summed E-state index contributed by atoms with van der Waals surface area (Å²) >= 11 is 0. The number of phenols is 1. The van der Waals surface area contributed by atoms with Crippen LogP contribution in [0.25, 0.3) is 0 Å². The maximum atomic E-state index is 11.3. The lowest BCUT2D eigenvalue weighted by Gasteiger charge is -2.09. The Hall–Kier alpha value is -1.55. The summed E-state index contributed by atoms with van der Waals surface area (Å²) in [5, 5.41) is 12.1. The van der Waals surface area contributed by atoms with Crippen LogP contribution in [0, 0.1) is 6.92 Å². The Kier molecular flexibility index (Phi) is 4.12. The van der Waals surface area contributed by atoms with Crippen LogP contribution in [0.1, 0.15) is 12.5 Å². The molecule has 0 aliphatic rings. The van der Waals surface area contributed by atoms with Gasteiger partial charge in [-0.1, -0.05) is 6.07 Å². The number of amides is 1. The third-order valence-corrected chi connectivity index (χ3v) is 2.02. The molecule has 1 rings (SSSR count). The molecule has 0 saturated carbocycles. The molecule has 1 amide bonds. The third-order valence-electron chi connectivity index (χ3n) is 2.02. The Morgan fingerprint density at radius 1 is 1.53 bits per heavy atom. The molecule has 0 aliphatic heterocycles. The summed E-state index contributed by atoms with van der Waals surface area (Å²) in [6.45, 7) is 4.11. The molecule has 0 atom stereocenters. The van der Waals surface area contributed by atoms with Crippen molar-refractivity contribution >= 4 is 11.6 Å². The van der Waals surface area contributed by atoms with Crippen molar-refractivity contribution in [1.29, 1.82) is 0 Å². The van der Waals surface area contributed by atoms with Crippen molar-refractivity contribution < 1.29 is 14.6 Å². The van der Waals surface area contributed by atoms with E-state index in [1.807, 2.05) is 6.92 Å². The standard InChI is InChI=1S/C11H15NO3/c1-3-15-7-11(14)12-9-5-4-6-10(13)8(9)2/h4-6,13H,3,7H2,1-2H3,(H,12,14). The van der Waals surface area contributed by atoms with Gasteiger partial charge in [-0.05, 0) is 26.0 Å². The number of hydrogen-bond donors (Lipinski definition) is 2. The quantitative estimate of drug-likeness (QED) is 0.793. The summed E-state index contributed by atoms with van der Waals surface area (Å²) in [6, 6.07) is 4.99. The summed E-state index contributed by atoms with van der Waals surface area (Å²) < 4.78 is 4.96. The largest absolute Gasteiger partial charge is 0.508 e. The zero-order chi connectivity index (χ0) is 11.3. The van der Waals surface area contributed by atoms with E-state index in [4.69, 9.17) is 4.74 Å². The van der Waals surface area contributed by atoms with Crippen LogP contribution in [0.15, 0.2) is 18.2 Å². The van der Waals surface area contributed by atoms with Crippen LogP contribution >= 0.6 is 0 Å². The molecule has 0 unspecified atom stereocenters. The zero-order valence-corrected chi connectivity index (χ0v) is 8.91. The number of phenolic OH excluding ortho intramolecular Hbond substituents is 1. The van der Waals surface area contributed by atoms with E-state index in [0.717, 1.165) is 0 Å². The van der Waals surface area contributed by atoms with Crippen molar-refractivity contribution in [3.8, 4) is 5.75 Å². The van der Waals surface area contributed by atoms with E-state index in [0.29, 0.717) is 17.9 Å². The van der Waals surface area contributed by atoms with Crippen molar-refractivity contribution in [2.75, 3.05) is 18.5 Å². The van der Waals surface area contributed by atoms with Crippen LogP contribution in [0.4, 0.5) is 5.69 Å². The fourth-order valence-corrected chi connectivity index (χ4v) is 1.14. The molecular weight excluding hydrogens is 194 g/mol. The maximum Gasteiger partial charge on any atom is 0.250 e. The lowest BCUT2D eigenvalue weighted by Crippen LogP contribution is -2.18. The number of aromatic hydroxyl groups is 1. The molecule has 1 aromatic rings. The fraction of sp³-hybridized carbons (Fsp3) is 0.364. The molecule has 4 nitrogen and oxygen atoms in total. The van der Waals surface area contributed by atoms with E-state index in [2.05, 4.69) is 5.32 Å². The number of carbonyl (C=O) groups excluding carboxylic acids is 1. The molecule has 4 heteroatoms. The highest BCUT2D eigenvalue weighted by Crippen LogP contribution is 2.23. The molecule has 0 aliphatic carbocycles. The van der Waals surface area contributed by atoms with E-state index in [9.17, 15) is 9.90 Å². The van der Waals surface area contributed by atoms with Gasteiger partial charge in [0, 0.05) is 17.9 Å². The van der Waals surface area contributed by atoms with Gasteiger partial charge in [-0.2, -0.15) is 0 Å². The number of hydrogen-bond acceptors (Lipinski definition) is 3. The fourth-order valence-electron chi connectivity index (χ4n) is 1.14. The monoisotopic (exact) mass is 209 g/mol. The van der Waals surface area contributed by atoms with Crippen LogP contribution in [0.5, 0.6) is 5.75 Å². The Balaban J connectivity index is 2.64. The van der Waals surface area contributed by atoms with Gasteiger partial charge >= 0.3 is 0 Å². The lowest BCUT2D eigenvalue weighted by molar-refractivity contribution is -0.120. The number of rotatable bonds is 4. The molecule has 0 fully saturated rings.